The second-order valence-electron chi connectivity index (χ2n) is 5.38. The van der Waals surface area contributed by atoms with Crippen LogP contribution in [0.3, 0.4) is 0 Å². The number of carboxylic acids is 1. The standard InChI is InChI=1S/C13H22N2O4/c1-2-9-3-5-15(6-4-9)13(18)14-11-8-19-7-10(11)12(16)17/h9-11H,2-8H2,1H3,(H,14,18)(H,16,17). The summed E-state index contributed by atoms with van der Waals surface area (Å²) < 4.78 is 5.14. The molecule has 6 nitrogen and oxygen atoms in total. The average Bonchev–Trinajstić information content (AvgIpc) is 2.87. The van der Waals surface area contributed by atoms with Crippen LogP contribution in [0.5, 0.6) is 0 Å². The number of carbonyl (C=O) groups is 2. The normalized spacial score (nSPS) is 28.4. The minimum absolute atomic E-state index is 0.156. The third kappa shape index (κ3) is 3.37. The number of rotatable bonds is 3. The van der Waals surface area contributed by atoms with Gasteiger partial charge in [-0.25, -0.2) is 4.79 Å². The Morgan fingerprint density at radius 1 is 1.32 bits per heavy atom. The van der Waals surface area contributed by atoms with Gasteiger partial charge in [-0.05, 0) is 18.8 Å². The Morgan fingerprint density at radius 2 is 2.00 bits per heavy atom. The monoisotopic (exact) mass is 270 g/mol. The molecule has 2 fully saturated rings. The zero-order chi connectivity index (χ0) is 13.8. The minimum Gasteiger partial charge on any atom is -0.481 e. The lowest BCUT2D eigenvalue weighted by Crippen LogP contribution is -2.50. The number of amides is 2. The van der Waals surface area contributed by atoms with Gasteiger partial charge in [-0.3, -0.25) is 4.79 Å². The molecule has 2 atom stereocenters. The Morgan fingerprint density at radius 3 is 2.58 bits per heavy atom. The first kappa shape index (κ1) is 14.1. The van der Waals surface area contributed by atoms with Crippen molar-refractivity contribution in [3.63, 3.8) is 0 Å². The van der Waals surface area contributed by atoms with Crippen molar-refractivity contribution in [2.24, 2.45) is 11.8 Å². The lowest BCUT2D eigenvalue weighted by atomic mass is 9.94. The summed E-state index contributed by atoms with van der Waals surface area (Å²) in [6.45, 7) is 4.16. The minimum atomic E-state index is -0.910. The number of carboxylic acid groups (broad SMARTS) is 1. The van der Waals surface area contributed by atoms with E-state index in [2.05, 4.69) is 12.2 Å². The highest BCUT2D eigenvalue weighted by Crippen LogP contribution is 2.20. The van der Waals surface area contributed by atoms with Crippen molar-refractivity contribution < 1.29 is 19.4 Å². The van der Waals surface area contributed by atoms with Crippen LogP contribution < -0.4 is 5.32 Å². The van der Waals surface area contributed by atoms with E-state index in [0.29, 0.717) is 5.92 Å². The second kappa shape index (κ2) is 6.23. The van der Waals surface area contributed by atoms with Gasteiger partial charge in [-0.2, -0.15) is 0 Å². The molecule has 19 heavy (non-hydrogen) atoms. The average molecular weight is 270 g/mol. The molecule has 2 N–H and O–H groups in total. The van der Waals surface area contributed by atoms with Gasteiger partial charge in [0.15, 0.2) is 0 Å². The van der Waals surface area contributed by atoms with E-state index in [1.807, 2.05) is 0 Å². The summed E-state index contributed by atoms with van der Waals surface area (Å²) >= 11 is 0. The lowest BCUT2D eigenvalue weighted by Gasteiger charge is -2.32. The quantitative estimate of drug-likeness (QED) is 0.799. The molecular formula is C13H22N2O4. The molecule has 2 amide bonds. The maximum Gasteiger partial charge on any atom is 0.317 e. The van der Waals surface area contributed by atoms with E-state index in [4.69, 9.17) is 9.84 Å². The van der Waals surface area contributed by atoms with Gasteiger partial charge in [0.1, 0.15) is 5.92 Å². The van der Waals surface area contributed by atoms with Gasteiger partial charge >= 0.3 is 12.0 Å². The van der Waals surface area contributed by atoms with Gasteiger partial charge in [0, 0.05) is 13.1 Å². The molecule has 0 saturated carbocycles. The molecular weight excluding hydrogens is 248 g/mol. The summed E-state index contributed by atoms with van der Waals surface area (Å²) in [5.74, 6) is -0.824. The summed E-state index contributed by atoms with van der Waals surface area (Å²) in [5, 5.41) is 11.8. The van der Waals surface area contributed by atoms with Crippen LogP contribution in [0.25, 0.3) is 0 Å². The van der Waals surface area contributed by atoms with E-state index < -0.39 is 17.9 Å². The Kier molecular flexibility index (Phi) is 4.63. The van der Waals surface area contributed by atoms with Gasteiger partial charge < -0.3 is 20.1 Å². The highest BCUT2D eigenvalue weighted by molar-refractivity contribution is 5.77. The first-order chi connectivity index (χ1) is 9.11. The second-order valence-corrected chi connectivity index (χ2v) is 5.38. The maximum absolute atomic E-state index is 12.1. The van der Waals surface area contributed by atoms with Crippen LogP contribution in [0.2, 0.25) is 0 Å². The molecule has 0 aliphatic carbocycles. The van der Waals surface area contributed by atoms with Crippen molar-refractivity contribution in [1.82, 2.24) is 10.2 Å². The maximum atomic E-state index is 12.1. The molecule has 0 spiro atoms. The number of piperidine rings is 1. The predicted octanol–water partition coefficient (Wildman–Crippen LogP) is 0.918. The van der Waals surface area contributed by atoms with Gasteiger partial charge in [0.2, 0.25) is 0 Å². The number of urea groups is 1. The molecule has 2 aliphatic rings. The molecule has 108 valence electrons. The number of nitrogens with one attached hydrogen (secondary N) is 1. The molecule has 2 aliphatic heterocycles. The van der Waals surface area contributed by atoms with E-state index in [0.717, 1.165) is 32.4 Å². The van der Waals surface area contributed by atoms with Crippen molar-refractivity contribution in [2.45, 2.75) is 32.2 Å². The summed E-state index contributed by atoms with van der Waals surface area (Å²) in [6, 6.07) is -0.565. The fraction of sp³-hybridized carbons (Fsp3) is 0.846. The number of aliphatic carboxylic acids is 1. The lowest BCUT2D eigenvalue weighted by molar-refractivity contribution is -0.142. The van der Waals surface area contributed by atoms with Crippen molar-refractivity contribution in [1.29, 1.82) is 0 Å². The molecule has 0 aromatic carbocycles. The largest absolute Gasteiger partial charge is 0.481 e. The zero-order valence-electron chi connectivity index (χ0n) is 11.3. The first-order valence-corrected chi connectivity index (χ1v) is 6.97. The smallest absolute Gasteiger partial charge is 0.317 e. The highest BCUT2D eigenvalue weighted by atomic mass is 16.5. The van der Waals surface area contributed by atoms with Crippen LogP contribution in [-0.2, 0) is 9.53 Å². The van der Waals surface area contributed by atoms with Crippen LogP contribution >= 0.6 is 0 Å². The van der Waals surface area contributed by atoms with Crippen molar-refractivity contribution in [3.05, 3.63) is 0 Å². The van der Waals surface area contributed by atoms with Crippen LogP contribution in [0.4, 0.5) is 4.79 Å². The third-order valence-electron chi connectivity index (χ3n) is 4.19. The number of ether oxygens (including phenoxy) is 1. The van der Waals surface area contributed by atoms with E-state index >= 15 is 0 Å². The Bertz CT molecular complexity index is 340. The first-order valence-electron chi connectivity index (χ1n) is 6.97. The van der Waals surface area contributed by atoms with Crippen molar-refractivity contribution in [2.75, 3.05) is 26.3 Å². The van der Waals surface area contributed by atoms with Gasteiger partial charge in [-0.1, -0.05) is 13.3 Å². The number of carbonyl (C=O) groups excluding carboxylic acids is 1. The molecule has 0 bridgehead atoms. The Labute approximate surface area is 113 Å². The molecule has 0 aromatic rings. The number of hydrogen-bond donors (Lipinski definition) is 2. The molecule has 2 heterocycles. The fourth-order valence-corrected chi connectivity index (χ4v) is 2.73. The number of nitrogens with zero attached hydrogens (tertiary/aromatic N) is 1. The van der Waals surface area contributed by atoms with Gasteiger partial charge in [-0.15, -0.1) is 0 Å². The fourth-order valence-electron chi connectivity index (χ4n) is 2.73. The number of hydrogen-bond acceptors (Lipinski definition) is 3. The summed E-state index contributed by atoms with van der Waals surface area (Å²) in [7, 11) is 0. The van der Waals surface area contributed by atoms with E-state index in [9.17, 15) is 9.59 Å². The van der Waals surface area contributed by atoms with E-state index in [-0.39, 0.29) is 19.2 Å². The third-order valence-corrected chi connectivity index (χ3v) is 4.19. The van der Waals surface area contributed by atoms with Crippen LogP contribution in [0, 0.1) is 11.8 Å². The van der Waals surface area contributed by atoms with Crippen LogP contribution in [0.15, 0.2) is 0 Å². The van der Waals surface area contributed by atoms with Crippen molar-refractivity contribution in [3.8, 4) is 0 Å². The van der Waals surface area contributed by atoms with Crippen LogP contribution in [-0.4, -0.2) is 54.4 Å². The molecule has 0 radical (unpaired) electrons. The van der Waals surface area contributed by atoms with E-state index in [1.54, 1.807) is 4.90 Å². The van der Waals surface area contributed by atoms with Gasteiger partial charge in [0.25, 0.3) is 0 Å². The van der Waals surface area contributed by atoms with Crippen molar-refractivity contribution >= 4 is 12.0 Å². The zero-order valence-corrected chi connectivity index (χ0v) is 11.3. The Hall–Kier alpha value is -1.30. The number of likely N-dealkylation sites (tertiary alicyclic amines) is 1. The summed E-state index contributed by atoms with van der Waals surface area (Å²) in [4.78, 5) is 24.9. The van der Waals surface area contributed by atoms with Crippen LogP contribution in [0.1, 0.15) is 26.2 Å². The summed E-state index contributed by atoms with van der Waals surface area (Å²) in [5.41, 5.74) is 0. The molecule has 0 aromatic heterocycles. The van der Waals surface area contributed by atoms with Gasteiger partial charge in [0.05, 0.1) is 19.3 Å². The molecule has 2 saturated heterocycles. The van der Waals surface area contributed by atoms with E-state index in [1.165, 1.54) is 0 Å². The molecule has 6 heteroatoms. The topological polar surface area (TPSA) is 78.9 Å². The highest BCUT2D eigenvalue weighted by Gasteiger charge is 2.36. The molecule has 2 unspecified atom stereocenters. The summed E-state index contributed by atoms with van der Waals surface area (Å²) in [6.07, 6.45) is 3.23. The predicted molar refractivity (Wildman–Crippen MR) is 68.9 cm³/mol. The molecule has 2 rings (SSSR count). The Balaban J connectivity index is 1.82. The SMILES string of the molecule is CCC1CCN(C(=O)NC2COCC2C(=O)O)CC1.